The van der Waals surface area contributed by atoms with Crippen LogP contribution >= 0.6 is 0 Å². The number of nitrogens with zero attached hydrogens (tertiary/aromatic N) is 3. The number of nitrogens with one attached hydrogen (secondary N) is 1. The van der Waals surface area contributed by atoms with Crippen LogP contribution in [0.1, 0.15) is 20.8 Å². The molecule has 0 spiro atoms. The lowest BCUT2D eigenvalue weighted by atomic mass is 10.2. The van der Waals surface area contributed by atoms with E-state index in [9.17, 15) is 14.4 Å². The first-order valence-electron chi connectivity index (χ1n) is 7.60. The van der Waals surface area contributed by atoms with Crippen LogP contribution in [0.5, 0.6) is 0 Å². The quantitative estimate of drug-likeness (QED) is 0.739. The first-order chi connectivity index (χ1) is 12.1. The predicted octanol–water partition coefficient (Wildman–Crippen LogP) is 1.86. The van der Waals surface area contributed by atoms with E-state index >= 15 is 0 Å². The molecule has 7 nitrogen and oxygen atoms in total. The normalized spacial score (nSPS) is 13.2. The number of hydrogen-bond acceptors (Lipinski definition) is 5. The van der Waals surface area contributed by atoms with Gasteiger partial charge >= 0.3 is 0 Å². The van der Waals surface area contributed by atoms with Crippen LogP contribution in [-0.4, -0.2) is 39.1 Å². The number of rotatable bonds is 3. The lowest BCUT2D eigenvalue weighted by Crippen LogP contribution is -2.37. The predicted molar refractivity (Wildman–Crippen MR) is 90.0 cm³/mol. The van der Waals surface area contributed by atoms with Gasteiger partial charge in [-0.15, -0.1) is 0 Å². The summed E-state index contributed by atoms with van der Waals surface area (Å²) in [5.74, 6) is -1.54. The molecule has 4 rings (SSSR count). The number of anilines is 1. The minimum absolute atomic E-state index is 0.0784. The molecule has 1 aliphatic heterocycles. The average Bonchev–Trinajstić information content (AvgIpc) is 2.87. The largest absolute Gasteiger partial charge is 0.324 e. The monoisotopic (exact) mass is 332 g/mol. The van der Waals surface area contributed by atoms with Crippen LogP contribution in [0.4, 0.5) is 5.69 Å². The molecule has 3 aromatic rings. The summed E-state index contributed by atoms with van der Waals surface area (Å²) in [6.45, 7) is -0.370. The maximum atomic E-state index is 12.4. The fourth-order valence-corrected chi connectivity index (χ4v) is 2.80. The molecule has 3 heterocycles. The van der Waals surface area contributed by atoms with Crippen molar-refractivity contribution in [2.24, 2.45) is 0 Å². The Morgan fingerprint density at radius 1 is 0.960 bits per heavy atom. The topological polar surface area (TPSA) is 92.3 Å². The van der Waals surface area contributed by atoms with E-state index in [-0.39, 0.29) is 17.8 Å². The Bertz CT molecular complexity index is 991. The van der Waals surface area contributed by atoms with Gasteiger partial charge in [-0.25, -0.2) is 0 Å². The van der Waals surface area contributed by atoms with Gasteiger partial charge < -0.3 is 5.32 Å². The Balaban J connectivity index is 1.55. The SMILES string of the molecule is O=C(CN1C(=O)c2cccnc2C1=O)Nc1cccc2ncccc12. The van der Waals surface area contributed by atoms with Gasteiger partial charge in [0.15, 0.2) is 0 Å². The summed E-state index contributed by atoms with van der Waals surface area (Å²) in [5, 5.41) is 3.51. The molecule has 0 unspecified atom stereocenters. The molecule has 0 atom stereocenters. The van der Waals surface area contributed by atoms with Crippen molar-refractivity contribution in [2.45, 2.75) is 0 Å². The first kappa shape index (κ1) is 14.9. The average molecular weight is 332 g/mol. The third-order valence-electron chi connectivity index (χ3n) is 3.95. The van der Waals surface area contributed by atoms with Crippen molar-refractivity contribution in [3.8, 4) is 0 Å². The Morgan fingerprint density at radius 3 is 2.60 bits per heavy atom. The Labute approximate surface area is 142 Å². The van der Waals surface area contributed by atoms with E-state index in [0.717, 1.165) is 15.8 Å². The molecule has 1 aromatic carbocycles. The molecular weight excluding hydrogens is 320 g/mol. The van der Waals surface area contributed by atoms with E-state index in [1.165, 1.54) is 12.3 Å². The smallest absolute Gasteiger partial charge is 0.280 e. The van der Waals surface area contributed by atoms with Crippen LogP contribution in [0.2, 0.25) is 0 Å². The maximum absolute atomic E-state index is 12.4. The number of pyridine rings is 2. The number of imide groups is 1. The number of aromatic nitrogens is 2. The molecular formula is C18H12N4O3. The van der Waals surface area contributed by atoms with Gasteiger partial charge in [0.25, 0.3) is 11.8 Å². The highest BCUT2D eigenvalue weighted by Crippen LogP contribution is 2.23. The van der Waals surface area contributed by atoms with E-state index in [1.807, 2.05) is 12.1 Å². The Morgan fingerprint density at radius 2 is 1.76 bits per heavy atom. The number of amides is 3. The molecule has 122 valence electrons. The van der Waals surface area contributed by atoms with Gasteiger partial charge in [-0.2, -0.15) is 0 Å². The zero-order chi connectivity index (χ0) is 17.4. The number of benzene rings is 1. The highest BCUT2D eigenvalue weighted by atomic mass is 16.2. The Kier molecular flexibility index (Phi) is 3.46. The van der Waals surface area contributed by atoms with Gasteiger partial charge in [0.05, 0.1) is 16.8 Å². The fraction of sp³-hybridized carbons (Fsp3) is 0.0556. The standard InChI is InChI=1S/C18H12N4O3/c23-15(21-14-7-1-6-13-11(14)4-2-8-19-13)10-22-17(24)12-5-3-9-20-16(12)18(22)25/h1-9H,10H2,(H,21,23). The van der Waals surface area contributed by atoms with Crippen LogP contribution in [0.3, 0.4) is 0 Å². The molecule has 1 aliphatic rings. The second-order valence-corrected chi connectivity index (χ2v) is 5.52. The maximum Gasteiger partial charge on any atom is 0.280 e. The highest BCUT2D eigenvalue weighted by Gasteiger charge is 2.37. The second kappa shape index (κ2) is 5.79. The number of carbonyl (C=O) groups is 3. The second-order valence-electron chi connectivity index (χ2n) is 5.52. The van der Waals surface area contributed by atoms with E-state index < -0.39 is 17.7 Å². The molecule has 0 fully saturated rings. The van der Waals surface area contributed by atoms with Crippen molar-refractivity contribution < 1.29 is 14.4 Å². The number of fused-ring (bicyclic) bond motifs is 2. The molecule has 7 heteroatoms. The van der Waals surface area contributed by atoms with E-state index in [4.69, 9.17) is 0 Å². The summed E-state index contributed by atoms with van der Waals surface area (Å²) in [6.07, 6.45) is 3.11. The lowest BCUT2D eigenvalue weighted by molar-refractivity contribution is -0.116. The van der Waals surface area contributed by atoms with Gasteiger partial charge in [0.2, 0.25) is 5.91 Å². The van der Waals surface area contributed by atoms with Crippen molar-refractivity contribution in [2.75, 3.05) is 11.9 Å². The summed E-state index contributed by atoms with van der Waals surface area (Å²) in [6, 6.07) is 12.1. The lowest BCUT2D eigenvalue weighted by Gasteiger charge is -2.14. The molecule has 0 bridgehead atoms. The van der Waals surface area contributed by atoms with Crippen molar-refractivity contribution in [3.63, 3.8) is 0 Å². The minimum Gasteiger partial charge on any atom is -0.324 e. The van der Waals surface area contributed by atoms with Crippen LogP contribution in [-0.2, 0) is 4.79 Å². The molecule has 2 aromatic heterocycles. The fourth-order valence-electron chi connectivity index (χ4n) is 2.80. The molecule has 3 amide bonds. The third kappa shape index (κ3) is 2.51. The van der Waals surface area contributed by atoms with E-state index in [2.05, 4.69) is 15.3 Å². The molecule has 0 saturated carbocycles. The zero-order valence-corrected chi connectivity index (χ0v) is 13.0. The molecule has 0 saturated heterocycles. The summed E-state index contributed by atoms with van der Waals surface area (Å²) in [5.41, 5.74) is 1.61. The van der Waals surface area contributed by atoms with Crippen molar-refractivity contribution in [3.05, 3.63) is 66.1 Å². The minimum atomic E-state index is -0.560. The van der Waals surface area contributed by atoms with Crippen LogP contribution in [0.15, 0.2) is 54.9 Å². The Hall–Kier alpha value is -3.61. The summed E-state index contributed by atoms with van der Waals surface area (Å²) in [7, 11) is 0. The van der Waals surface area contributed by atoms with Gasteiger partial charge in [-0.05, 0) is 36.4 Å². The summed E-state index contributed by atoms with van der Waals surface area (Å²) < 4.78 is 0. The molecule has 0 radical (unpaired) electrons. The number of hydrogen-bond donors (Lipinski definition) is 1. The highest BCUT2D eigenvalue weighted by molar-refractivity contribution is 6.21. The summed E-state index contributed by atoms with van der Waals surface area (Å²) >= 11 is 0. The molecule has 1 N–H and O–H groups in total. The summed E-state index contributed by atoms with van der Waals surface area (Å²) in [4.78, 5) is 45.9. The van der Waals surface area contributed by atoms with Gasteiger partial charge in [0.1, 0.15) is 12.2 Å². The number of carbonyl (C=O) groups excluding carboxylic acids is 3. The third-order valence-corrected chi connectivity index (χ3v) is 3.95. The van der Waals surface area contributed by atoms with Crippen molar-refractivity contribution in [1.29, 1.82) is 0 Å². The van der Waals surface area contributed by atoms with Crippen LogP contribution in [0, 0.1) is 0 Å². The van der Waals surface area contributed by atoms with Crippen LogP contribution < -0.4 is 5.32 Å². The molecule has 25 heavy (non-hydrogen) atoms. The van der Waals surface area contributed by atoms with Crippen molar-refractivity contribution >= 4 is 34.3 Å². The van der Waals surface area contributed by atoms with Crippen molar-refractivity contribution in [1.82, 2.24) is 14.9 Å². The van der Waals surface area contributed by atoms with E-state index in [1.54, 1.807) is 30.5 Å². The van der Waals surface area contributed by atoms with Crippen LogP contribution in [0.25, 0.3) is 10.9 Å². The zero-order valence-electron chi connectivity index (χ0n) is 13.0. The molecule has 0 aliphatic carbocycles. The van der Waals surface area contributed by atoms with Gasteiger partial charge in [0, 0.05) is 17.8 Å². The first-order valence-corrected chi connectivity index (χ1v) is 7.60. The van der Waals surface area contributed by atoms with Gasteiger partial charge in [-0.3, -0.25) is 29.3 Å². The van der Waals surface area contributed by atoms with Gasteiger partial charge in [-0.1, -0.05) is 6.07 Å². The van der Waals surface area contributed by atoms with E-state index in [0.29, 0.717) is 5.69 Å².